The first kappa shape index (κ1) is 21.2. The molecule has 0 saturated carbocycles. The zero-order chi connectivity index (χ0) is 21.5. The van der Waals surface area contributed by atoms with Crippen molar-refractivity contribution >= 4 is 28.5 Å². The van der Waals surface area contributed by atoms with Crippen molar-refractivity contribution in [2.45, 2.75) is 5.16 Å². The molecule has 0 aliphatic carbocycles. The van der Waals surface area contributed by atoms with Gasteiger partial charge in [-0.2, -0.15) is 5.10 Å². The summed E-state index contributed by atoms with van der Waals surface area (Å²) in [7, 11) is 6.31. The van der Waals surface area contributed by atoms with Crippen LogP contribution in [-0.4, -0.2) is 47.1 Å². The van der Waals surface area contributed by atoms with Crippen LogP contribution in [0.15, 0.2) is 58.8 Å². The van der Waals surface area contributed by atoms with E-state index in [1.165, 1.54) is 7.11 Å². The van der Waals surface area contributed by atoms with Crippen molar-refractivity contribution in [2.75, 3.05) is 26.8 Å². The average molecular weight is 427 g/mol. The van der Waals surface area contributed by atoms with E-state index in [2.05, 4.69) is 20.7 Å². The first-order valence-corrected chi connectivity index (χ1v) is 9.65. The Morgan fingerprint density at radius 2 is 1.57 bits per heavy atom. The number of ether oxygens (including phenoxy) is 3. The SMILES string of the molecule is COC(=O)C(=NNc1ccc(OC)cc1)Sc1nnc(-c2ccc(OC)cc2)n1C. The van der Waals surface area contributed by atoms with Crippen molar-refractivity contribution in [3.63, 3.8) is 0 Å². The highest BCUT2D eigenvalue weighted by Crippen LogP contribution is 2.25. The van der Waals surface area contributed by atoms with Crippen LogP contribution in [0.4, 0.5) is 5.69 Å². The number of carbonyl (C=O) groups excluding carboxylic acids is 1. The quantitative estimate of drug-likeness (QED) is 0.210. The van der Waals surface area contributed by atoms with Gasteiger partial charge in [-0.15, -0.1) is 10.2 Å². The average Bonchev–Trinajstić information content (AvgIpc) is 3.16. The fraction of sp³-hybridized carbons (Fsp3) is 0.200. The lowest BCUT2D eigenvalue weighted by Gasteiger charge is -2.07. The third-order valence-corrected chi connectivity index (χ3v) is 5.10. The van der Waals surface area contributed by atoms with Gasteiger partial charge in [0.1, 0.15) is 11.5 Å². The monoisotopic (exact) mass is 427 g/mol. The van der Waals surface area contributed by atoms with Gasteiger partial charge in [0.2, 0.25) is 5.04 Å². The highest BCUT2D eigenvalue weighted by molar-refractivity contribution is 8.15. The molecule has 10 heteroatoms. The summed E-state index contributed by atoms with van der Waals surface area (Å²) in [6, 6.07) is 14.6. The molecule has 156 valence electrons. The number of aromatic nitrogens is 3. The molecule has 0 amide bonds. The summed E-state index contributed by atoms with van der Waals surface area (Å²) in [4.78, 5) is 12.2. The fourth-order valence-corrected chi connectivity index (χ4v) is 3.20. The Kier molecular flexibility index (Phi) is 6.91. The molecule has 0 aliphatic heterocycles. The van der Waals surface area contributed by atoms with E-state index in [0.29, 0.717) is 16.7 Å². The summed E-state index contributed by atoms with van der Waals surface area (Å²) < 4.78 is 16.9. The van der Waals surface area contributed by atoms with Gasteiger partial charge >= 0.3 is 5.97 Å². The van der Waals surface area contributed by atoms with E-state index in [0.717, 1.165) is 28.8 Å². The maximum Gasteiger partial charge on any atom is 0.365 e. The molecule has 1 aromatic heterocycles. The Morgan fingerprint density at radius 1 is 0.967 bits per heavy atom. The third-order valence-electron chi connectivity index (χ3n) is 4.11. The highest BCUT2D eigenvalue weighted by atomic mass is 32.2. The molecule has 0 atom stereocenters. The summed E-state index contributed by atoms with van der Waals surface area (Å²) in [5.41, 5.74) is 4.40. The number of carbonyl (C=O) groups is 1. The van der Waals surface area contributed by atoms with Crippen molar-refractivity contribution in [1.29, 1.82) is 0 Å². The standard InChI is InChI=1S/C20H21N5O4S/c1-25-17(13-5-9-15(27-2)10-6-13)22-24-20(25)30-18(19(26)29-4)23-21-14-7-11-16(28-3)12-8-14/h5-12,21H,1-4H3. The predicted octanol–water partition coefficient (Wildman–Crippen LogP) is 3.19. The molecular formula is C20H21N5O4S. The van der Waals surface area contributed by atoms with Gasteiger partial charge in [-0.05, 0) is 60.3 Å². The van der Waals surface area contributed by atoms with E-state index in [-0.39, 0.29) is 5.04 Å². The van der Waals surface area contributed by atoms with E-state index in [9.17, 15) is 4.79 Å². The minimum Gasteiger partial charge on any atom is -0.497 e. The Morgan fingerprint density at radius 3 is 2.13 bits per heavy atom. The molecule has 3 rings (SSSR count). The summed E-state index contributed by atoms with van der Waals surface area (Å²) >= 11 is 1.05. The molecule has 9 nitrogen and oxygen atoms in total. The van der Waals surface area contributed by atoms with E-state index >= 15 is 0 Å². The number of nitrogens with one attached hydrogen (secondary N) is 1. The largest absolute Gasteiger partial charge is 0.497 e. The summed E-state index contributed by atoms with van der Waals surface area (Å²) in [6.07, 6.45) is 0. The van der Waals surface area contributed by atoms with Crippen molar-refractivity contribution < 1.29 is 19.0 Å². The summed E-state index contributed by atoms with van der Waals surface area (Å²) in [5.74, 6) is 1.53. The Bertz CT molecular complexity index is 1030. The number of esters is 1. The van der Waals surface area contributed by atoms with Crippen LogP contribution in [0.3, 0.4) is 0 Å². The number of rotatable bonds is 6. The Labute approximate surface area is 178 Å². The van der Waals surface area contributed by atoms with E-state index in [1.807, 2.05) is 31.3 Å². The molecule has 30 heavy (non-hydrogen) atoms. The van der Waals surface area contributed by atoms with E-state index in [4.69, 9.17) is 14.2 Å². The normalized spacial score (nSPS) is 11.1. The van der Waals surface area contributed by atoms with Crippen molar-refractivity contribution in [2.24, 2.45) is 12.1 Å². The maximum absolute atomic E-state index is 12.2. The van der Waals surface area contributed by atoms with Crippen molar-refractivity contribution in [3.05, 3.63) is 48.5 Å². The third kappa shape index (κ3) is 4.90. The van der Waals surface area contributed by atoms with Gasteiger partial charge in [-0.3, -0.25) is 5.43 Å². The number of methoxy groups -OCH3 is 3. The number of hydrogen-bond acceptors (Lipinski definition) is 9. The van der Waals surface area contributed by atoms with Crippen molar-refractivity contribution in [1.82, 2.24) is 14.8 Å². The molecule has 0 unspecified atom stereocenters. The van der Waals surface area contributed by atoms with Gasteiger partial charge in [0, 0.05) is 12.6 Å². The zero-order valence-electron chi connectivity index (χ0n) is 16.9. The first-order chi connectivity index (χ1) is 14.5. The molecule has 1 heterocycles. The molecule has 1 N–H and O–H groups in total. The summed E-state index contributed by atoms with van der Waals surface area (Å²) in [5, 5.41) is 13.2. The van der Waals surface area contributed by atoms with Gasteiger partial charge in [-0.1, -0.05) is 0 Å². The number of anilines is 1. The van der Waals surface area contributed by atoms with Crippen LogP contribution in [0, 0.1) is 0 Å². The second kappa shape index (κ2) is 9.79. The van der Waals surface area contributed by atoms with Crippen LogP contribution in [0.25, 0.3) is 11.4 Å². The predicted molar refractivity (Wildman–Crippen MR) is 115 cm³/mol. The Balaban J connectivity index is 1.80. The molecule has 0 saturated heterocycles. The van der Waals surface area contributed by atoms with Gasteiger partial charge in [0.05, 0.1) is 27.0 Å². The van der Waals surface area contributed by atoms with E-state index < -0.39 is 5.97 Å². The molecule has 0 aliphatic rings. The fourth-order valence-electron chi connectivity index (χ4n) is 2.46. The first-order valence-electron chi connectivity index (χ1n) is 8.83. The van der Waals surface area contributed by atoms with Gasteiger partial charge in [0.15, 0.2) is 11.0 Å². The van der Waals surface area contributed by atoms with Gasteiger partial charge in [0.25, 0.3) is 0 Å². The van der Waals surface area contributed by atoms with Crippen LogP contribution in [0.1, 0.15) is 0 Å². The number of nitrogens with zero attached hydrogens (tertiary/aromatic N) is 4. The second-order valence-electron chi connectivity index (χ2n) is 5.94. The minimum absolute atomic E-state index is 0.0881. The molecule has 3 aromatic rings. The van der Waals surface area contributed by atoms with Gasteiger partial charge in [-0.25, -0.2) is 4.79 Å². The van der Waals surface area contributed by atoms with E-state index in [1.54, 1.807) is 43.1 Å². The molecule has 0 fully saturated rings. The maximum atomic E-state index is 12.2. The second-order valence-corrected chi connectivity index (χ2v) is 6.90. The Hall–Kier alpha value is -3.53. The number of hydrogen-bond donors (Lipinski definition) is 1. The molecule has 0 radical (unpaired) electrons. The van der Waals surface area contributed by atoms with Crippen LogP contribution in [0.2, 0.25) is 0 Å². The number of hydrazone groups is 1. The van der Waals surface area contributed by atoms with Crippen LogP contribution >= 0.6 is 11.8 Å². The molecule has 0 spiro atoms. The molecule has 2 aromatic carbocycles. The molecule has 0 bridgehead atoms. The minimum atomic E-state index is -0.588. The van der Waals surface area contributed by atoms with Gasteiger partial charge < -0.3 is 18.8 Å². The summed E-state index contributed by atoms with van der Waals surface area (Å²) in [6.45, 7) is 0. The lowest BCUT2D eigenvalue weighted by Crippen LogP contribution is -2.15. The zero-order valence-corrected chi connectivity index (χ0v) is 17.8. The topological polar surface area (TPSA) is 99.9 Å². The number of thioether (sulfide) groups is 1. The lowest BCUT2D eigenvalue weighted by molar-refractivity contribution is -0.132. The number of benzene rings is 2. The smallest absolute Gasteiger partial charge is 0.365 e. The lowest BCUT2D eigenvalue weighted by atomic mass is 10.2. The van der Waals surface area contributed by atoms with Crippen LogP contribution in [-0.2, 0) is 16.6 Å². The molecular weight excluding hydrogens is 406 g/mol. The van der Waals surface area contributed by atoms with Crippen LogP contribution < -0.4 is 14.9 Å². The van der Waals surface area contributed by atoms with Crippen LogP contribution in [0.5, 0.6) is 11.5 Å². The highest BCUT2D eigenvalue weighted by Gasteiger charge is 2.20. The van der Waals surface area contributed by atoms with Crippen molar-refractivity contribution in [3.8, 4) is 22.9 Å².